The Morgan fingerprint density at radius 2 is 2.50 bits per heavy atom. The van der Waals surface area contributed by atoms with Gasteiger partial charge >= 0.3 is 5.97 Å². The van der Waals surface area contributed by atoms with Crippen LogP contribution < -0.4 is 0 Å². The van der Waals surface area contributed by atoms with E-state index in [9.17, 15) is 4.79 Å². The lowest BCUT2D eigenvalue weighted by atomic mass is 10.4. The van der Waals surface area contributed by atoms with E-state index < -0.39 is 0 Å². The van der Waals surface area contributed by atoms with E-state index in [0.29, 0.717) is 17.2 Å². The molecule has 5 nitrogen and oxygen atoms in total. The third-order valence-corrected chi connectivity index (χ3v) is 1.48. The van der Waals surface area contributed by atoms with Crippen molar-refractivity contribution in [2.75, 3.05) is 6.61 Å². The van der Waals surface area contributed by atoms with E-state index in [1.54, 1.807) is 6.92 Å². The summed E-state index contributed by atoms with van der Waals surface area (Å²) in [6.45, 7) is 2.14. The van der Waals surface area contributed by atoms with Gasteiger partial charge in [0.15, 0.2) is 0 Å². The topological polar surface area (TPSA) is 67.9 Å². The number of carbonyl (C=O) groups is 1. The maximum atomic E-state index is 10.9. The maximum absolute atomic E-state index is 10.9. The SMILES string of the molecule is CCOC(=O)Cc1nc(Br)n[nH]1. The van der Waals surface area contributed by atoms with Crippen LogP contribution in [-0.2, 0) is 16.0 Å². The smallest absolute Gasteiger partial charge is 0.313 e. The van der Waals surface area contributed by atoms with Crippen LogP contribution in [0.3, 0.4) is 0 Å². The average Bonchev–Trinajstić information content (AvgIpc) is 2.36. The monoisotopic (exact) mass is 233 g/mol. The van der Waals surface area contributed by atoms with Gasteiger partial charge in [-0.15, -0.1) is 5.10 Å². The zero-order valence-electron chi connectivity index (χ0n) is 6.50. The first-order valence-electron chi connectivity index (χ1n) is 3.44. The summed E-state index contributed by atoms with van der Waals surface area (Å²) < 4.78 is 5.16. The molecule has 0 spiro atoms. The van der Waals surface area contributed by atoms with Crippen LogP contribution in [0.5, 0.6) is 0 Å². The van der Waals surface area contributed by atoms with Crippen molar-refractivity contribution in [3.8, 4) is 0 Å². The lowest BCUT2D eigenvalue weighted by Gasteiger charge is -1.96. The number of aromatic amines is 1. The summed E-state index contributed by atoms with van der Waals surface area (Å²) >= 11 is 3.06. The van der Waals surface area contributed by atoms with Gasteiger partial charge in [0.2, 0.25) is 4.73 Å². The molecule has 0 atom stereocenters. The molecule has 0 aliphatic heterocycles. The van der Waals surface area contributed by atoms with Crippen molar-refractivity contribution >= 4 is 21.9 Å². The van der Waals surface area contributed by atoms with Crippen LogP contribution >= 0.6 is 15.9 Å². The van der Waals surface area contributed by atoms with Gasteiger partial charge in [0.05, 0.1) is 6.61 Å². The van der Waals surface area contributed by atoms with Crippen LogP contribution in [0.4, 0.5) is 0 Å². The van der Waals surface area contributed by atoms with Crippen molar-refractivity contribution in [3.63, 3.8) is 0 Å². The van der Waals surface area contributed by atoms with E-state index in [-0.39, 0.29) is 12.4 Å². The van der Waals surface area contributed by atoms with E-state index in [1.165, 1.54) is 0 Å². The van der Waals surface area contributed by atoms with Gasteiger partial charge in [0.25, 0.3) is 0 Å². The van der Waals surface area contributed by atoms with Crippen molar-refractivity contribution < 1.29 is 9.53 Å². The molecule has 0 aromatic carbocycles. The van der Waals surface area contributed by atoms with Crippen molar-refractivity contribution in [2.45, 2.75) is 13.3 Å². The molecule has 0 fully saturated rings. The maximum Gasteiger partial charge on any atom is 0.313 e. The third-order valence-electron chi connectivity index (χ3n) is 1.12. The molecule has 1 aromatic heterocycles. The van der Waals surface area contributed by atoms with Crippen LogP contribution in [-0.4, -0.2) is 27.8 Å². The number of ether oxygens (including phenoxy) is 1. The number of halogens is 1. The highest BCUT2D eigenvalue weighted by atomic mass is 79.9. The molecule has 0 amide bonds. The minimum absolute atomic E-state index is 0.131. The van der Waals surface area contributed by atoms with Crippen molar-refractivity contribution in [3.05, 3.63) is 10.6 Å². The number of nitrogens with zero attached hydrogens (tertiary/aromatic N) is 2. The predicted octanol–water partition coefficient (Wildman–Crippen LogP) is 0.673. The summed E-state index contributed by atoms with van der Waals surface area (Å²) in [5.41, 5.74) is 0. The molecule has 0 aliphatic carbocycles. The molecule has 0 saturated heterocycles. The van der Waals surface area contributed by atoms with Crippen LogP contribution in [0.2, 0.25) is 0 Å². The van der Waals surface area contributed by atoms with Gasteiger partial charge in [0.1, 0.15) is 12.2 Å². The predicted molar refractivity (Wildman–Crippen MR) is 44.4 cm³/mol. The minimum Gasteiger partial charge on any atom is -0.466 e. The van der Waals surface area contributed by atoms with Gasteiger partial charge in [-0.1, -0.05) is 0 Å². The van der Waals surface area contributed by atoms with E-state index >= 15 is 0 Å². The van der Waals surface area contributed by atoms with Crippen LogP contribution in [0.15, 0.2) is 4.73 Å². The molecular formula is C6H8BrN3O2. The van der Waals surface area contributed by atoms with Gasteiger partial charge < -0.3 is 4.74 Å². The molecule has 1 heterocycles. The Hall–Kier alpha value is -0.910. The second-order valence-corrected chi connectivity index (χ2v) is 2.74. The van der Waals surface area contributed by atoms with Gasteiger partial charge in [-0.3, -0.25) is 9.89 Å². The number of aromatic nitrogens is 3. The number of hydrogen-bond donors (Lipinski definition) is 1. The highest BCUT2D eigenvalue weighted by Crippen LogP contribution is 2.01. The Morgan fingerprint density at radius 1 is 1.75 bits per heavy atom. The molecule has 1 rings (SSSR count). The molecule has 66 valence electrons. The lowest BCUT2D eigenvalue weighted by molar-refractivity contribution is -0.142. The first kappa shape index (κ1) is 9.18. The van der Waals surface area contributed by atoms with Gasteiger partial charge in [0, 0.05) is 0 Å². The van der Waals surface area contributed by atoms with E-state index in [0.717, 1.165) is 0 Å². The molecule has 0 aliphatic rings. The number of carbonyl (C=O) groups excluding carboxylic acids is 1. The zero-order valence-corrected chi connectivity index (χ0v) is 8.09. The standard InChI is InChI=1S/C6H8BrN3O2/c1-2-12-5(11)3-4-8-6(7)10-9-4/h2-3H2,1H3,(H,8,9,10). The fourth-order valence-electron chi connectivity index (χ4n) is 0.700. The zero-order chi connectivity index (χ0) is 8.97. The third kappa shape index (κ3) is 2.61. The molecular weight excluding hydrogens is 226 g/mol. The number of esters is 1. The molecule has 1 aromatic rings. The highest BCUT2D eigenvalue weighted by Gasteiger charge is 2.07. The van der Waals surface area contributed by atoms with E-state index in [1.807, 2.05) is 0 Å². The summed E-state index contributed by atoms with van der Waals surface area (Å²) in [6.07, 6.45) is 0.131. The van der Waals surface area contributed by atoms with Crippen molar-refractivity contribution in [2.24, 2.45) is 0 Å². The molecule has 0 radical (unpaired) electrons. The summed E-state index contributed by atoms with van der Waals surface area (Å²) in [6, 6.07) is 0. The fraction of sp³-hybridized carbons (Fsp3) is 0.500. The molecule has 0 saturated carbocycles. The summed E-state index contributed by atoms with van der Waals surface area (Å²) in [5, 5.41) is 6.29. The molecule has 12 heavy (non-hydrogen) atoms. The van der Waals surface area contributed by atoms with Crippen molar-refractivity contribution in [1.82, 2.24) is 15.2 Å². The normalized spacial score (nSPS) is 9.83. The summed E-state index contributed by atoms with van der Waals surface area (Å²) in [7, 11) is 0. The number of nitrogens with one attached hydrogen (secondary N) is 1. The Bertz CT molecular complexity index is 274. The van der Waals surface area contributed by atoms with E-state index in [4.69, 9.17) is 4.74 Å². The Balaban J connectivity index is 2.46. The molecule has 0 unspecified atom stereocenters. The molecule has 1 N–H and O–H groups in total. The molecule has 6 heteroatoms. The van der Waals surface area contributed by atoms with Crippen LogP contribution in [0.25, 0.3) is 0 Å². The minimum atomic E-state index is -0.304. The van der Waals surface area contributed by atoms with Crippen LogP contribution in [0, 0.1) is 0 Å². The molecule has 0 bridgehead atoms. The second-order valence-electron chi connectivity index (χ2n) is 2.03. The van der Waals surface area contributed by atoms with Crippen molar-refractivity contribution in [1.29, 1.82) is 0 Å². The Kier molecular flexibility index (Phi) is 3.21. The van der Waals surface area contributed by atoms with Gasteiger partial charge in [-0.05, 0) is 22.9 Å². The largest absolute Gasteiger partial charge is 0.466 e. The van der Waals surface area contributed by atoms with Crippen LogP contribution in [0.1, 0.15) is 12.7 Å². The quantitative estimate of drug-likeness (QED) is 0.780. The Labute approximate surface area is 77.7 Å². The first-order valence-corrected chi connectivity index (χ1v) is 4.24. The number of hydrogen-bond acceptors (Lipinski definition) is 4. The number of rotatable bonds is 3. The first-order chi connectivity index (χ1) is 5.72. The van der Waals surface area contributed by atoms with Gasteiger partial charge in [-0.2, -0.15) is 0 Å². The van der Waals surface area contributed by atoms with Gasteiger partial charge in [-0.25, -0.2) is 4.98 Å². The average molecular weight is 234 g/mol. The Morgan fingerprint density at radius 3 is 3.00 bits per heavy atom. The summed E-state index contributed by atoms with van der Waals surface area (Å²) in [5.74, 6) is 0.196. The lowest BCUT2D eigenvalue weighted by Crippen LogP contribution is -2.08. The highest BCUT2D eigenvalue weighted by molar-refractivity contribution is 9.10. The fourth-order valence-corrected chi connectivity index (χ4v) is 1.00. The summed E-state index contributed by atoms with van der Waals surface area (Å²) in [4.78, 5) is 14.8. The second kappa shape index (κ2) is 4.20. The van der Waals surface area contributed by atoms with E-state index in [2.05, 4.69) is 31.1 Å². The number of H-pyrrole nitrogens is 1.